The summed E-state index contributed by atoms with van der Waals surface area (Å²) in [4.78, 5) is 20.5. The standard InChI is InChI=1S/C28H34FN3O3S2/c1-19-4-7-23(8-5-19)37(34,35)32-17-21(29)15-25(32)27(33)31(22-10-12-28(2,3)13-11-22)16-20-6-9-26-24(14-20)30-18-36-26/h4-9,14,18,21-22,25H,10-13,15-17H2,1-3H3/t21-,25-/m0/s1. The quantitative estimate of drug-likeness (QED) is 0.400. The number of benzene rings is 2. The van der Waals surface area contributed by atoms with Crippen molar-refractivity contribution in [3.05, 3.63) is 59.1 Å². The highest BCUT2D eigenvalue weighted by atomic mass is 32.2. The van der Waals surface area contributed by atoms with Crippen LogP contribution in [0, 0.1) is 12.3 Å². The van der Waals surface area contributed by atoms with Crippen molar-refractivity contribution in [3.63, 3.8) is 0 Å². The maximum Gasteiger partial charge on any atom is 0.243 e. The lowest BCUT2D eigenvalue weighted by Crippen LogP contribution is -2.51. The molecule has 2 fully saturated rings. The van der Waals surface area contributed by atoms with Crippen LogP contribution in [0.3, 0.4) is 0 Å². The predicted molar refractivity (Wildman–Crippen MR) is 145 cm³/mol. The van der Waals surface area contributed by atoms with Crippen LogP contribution in [0.4, 0.5) is 4.39 Å². The van der Waals surface area contributed by atoms with Crippen LogP contribution < -0.4 is 0 Å². The molecule has 37 heavy (non-hydrogen) atoms. The lowest BCUT2D eigenvalue weighted by atomic mass is 9.75. The third-order valence-corrected chi connectivity index (χ3v) is 10.6. The Kier molecular flexibility index (Phi) is 7.15. The van der Waals surface area contributed by atoms with Gasteiger partial charge in [-0.1, -0.05) is 37.6 Å². The Bertz CT molecular complexity index is 1380. The summed E-state index contributed by atoms with van der Waals surface area (Å²) in [5, 5.41) is 0. The van der Waals surface area contributed by atoms with Gasteiger partial charge in [0.25, 0.3) is 0 Å². The lowest BCUT2D eigenvalue weighted by Gasteiger charge is -2.41. The molecule has 2 aliphatic rings. The van der Waals surface area contributed by atoms with E-state index in [2.05, 4.69) is 18.8 Å². The molecular weight excluding hydrogens is 509 g/mol. The van der Waals surface area contributed by atoms with E-state index in [1.165, 1.54) is 12.1 Å². The van der Waals surface area contributed by atoms with Crippen molar-refractivity contribution in [2.45, 2.75) is 82.6 Å². The number of carbonyl (C=O) groups is 1. The minimum atomic E-state index is -4.02. The maximum absolute atomic E-state index is 14.8. The molecule has 2 atom stereocenters. The second-order valence-corrected chi connectivity index (χ2v) is 14.0. The molecule has 1 aliphatic heterocycles. The molecule has 1 saturated heterocycles. The van der Waals surface area contributed by atoms with Gasteiger partial charge in [-0.2, -0.15) is 4.31 Å². The van der Waals surface area contributed by atoms with Crippen LogP contribution in [0.2, 0.25) is 0 Å². The van der Waals surface area contributed by atoms with Crippen LogP contribution in [0.25, 0.3) is 10.2 Å². The molecule has 0 radical (unpaired) electrons. The van der Waals surface area contributed by atoms with Crippen molar-refractivity contribution in [2.24, 2.45) is 5.41 Å². The first-order chi connectivity index (χ1) is 17.5. The van der Waals surface area contributed by atoms with E-state index in [0.29, 0.717) is 6.54 Å². The predicted octanol–water partition coefficient (Wildman–Crippen LogP) is 5.70. The summed E-state index contributed by atoms with van der Waals surface area (Å²) in [5.74, 6) is -0.307. The molecule has 1 aromatic heterocycles. The number of amides is 1. The minimum Gasteiger partial charge on any atom is -0.334 e. The molecule has 0 unspecified atom stereocenters. The highest BCUT2D eigenvalue weighted by molar-refractivity contribution is 7.89. The molecule has 2 heterocycles. The van der Waals surface area contributed by atoms with Crippen LogP contribution in [-0.2, 0) is 21.4 Å². The number of hydrogen-bond donors (Lipinski definition) is 0. The molecule has 0 bridgehead atoms. The number of hydrogen-bond acceptors (Lipinski definition) is 5. The number of sulfonamides is 1. The van der Waals surface area contributed by atoms with Crippen molar-refractivity contribution >= 4 is 37.5 Å². The van der Waals surface area contributed by atoms with E-state index in [1.807, 2.05) is 30.0 Å². The van der Waals surface area contributed by atoms with Gasteiger partial charge < -0.3 is 4.90 Å². The van der Waals surface area contributed by atoms with E-state index in [4.69, 9.17) is 0 Å². The first kappa shape index (κ1) is 26.3. The molecular formula is C28H34FN3O3S2. The Morgan fingerprint density at radius 1 is 1.16 bits per heavy atom. The summed E-state index contributed by atoms with van der Waals surface area (Å²) in [5.41, 5.74) is 4.77. The van der Waals surface area contributed by atoms with Gasteiger partial charge in [0.15, 0.2) is 0 Å². The first-order valence-corrected chi connectivity index (χ1v) is 15.2. The fraction of sp³-hybridized carbons (Fsp3) is 0.500. The summed E-state index contributed by atoms with van der Waals surface area (Å²) in [6.07, 6.45) is 2.14. The number of alkyl halides is 1. The van der Waals surface area contributed by atoms with Gasteiger partial charge in [-0.25, -0.2) is 17.8 Å². The number of carbonyl (C=O) groups excluding carboxylic acids is 1. The fourth-order valence-electron chi connectivity index (χ4n) is 5.56. The van der Waals surface area contributed by atoms with Crippen molar-refractivity contribution in [3.8, 4) is 0 Å². The summed E-state index contributed by atoms with van der Waals surface area (Å²) in [7, 11) is -4.02. The highest BCUT2D eigenvalue weighted by Gasteiger charge is 2.47. The number of nitrogens with zero attached hydrogens (tertiary/aromatic N) is 3. The van der Waals surface area contributed by atoms with Gasteiger partial charge in [0.1, 0.15) is 12.2 Å². The van der Waals surface area contributed by atoms with E-state index in [1.54, 1.807) is 29.0 Å². The van der Waals surface area contributed by atoms with Crippen molar-refractivity contribution < 1.29 is 17.6 Å². The summed E-state index contributed by atoms with van der Waals surface area (Å²) >= 11 is 1.56. The van der Waals surface area contributed by atoms with Gasteiger partial charge >= 0.3 is 0 Å². The molecule has 198 valence electrons. The molecule has 1 amide bonds. The third-order valence-electron chi connectivity index (χ3n) is 7.90. The van der Waals surface area contributed by atoms with E-state index >= 15 is 0 Å². The fourth-order valence-corrected chi connectivity index (χ4v) is 7.84. The topological polar surface area (TPSA) is 70.6 Å². The Morgan fingerprint density at radius 2 is 1.86 bits per heavy atom. The molecule has 1 saturated carbocycles. The van der Waals surface area contributed by atoms with Gasteiger partial charge in [-0.05, 0) is 67.9 Å². The smallest absolute Gasteiger partial charge is 0.243 e. The minimum absolute atomic E-state index is 0.0192. The summed E-state index contributed by atoms with van der Waals surface area (Å²) in [6.45, 7) is 6.41. The van der Waals surface area contributed by atoms with Gasteiger partial charge in [-0.3, -0.25) is 4.79 Å². The molecule has 9 heteroatoms. The average Bonchev–Trinajstić information content (AvgIpc) is 3.49. The molecule has 3 aromatic rings. The van der Waals surface area contributed by atoms with Gasteiger partial charge in [0.05, 0.1) is 20.6 Å². The largest absolute Gasteiger partial charge is 0.334 e. The first-order valence-electron chi connectivity index (χ1n) is 12.9. The molecule has 2 aromatic carbocycles. The van der Waals surface area contributed by atoms with Crippen LogP contribution in [0.1, 0.15) is 57.1 Å². The maximum atomic E-state index is 14.8. The zero-order chi connectivity index (χ0) is 26.4. The number of rotatable bonds is 6. The normalized spacial score (nSPS) is 22.9. The van der Waals surface area contributed by atoms with Crippen LogP contribution in [0.5, 0.6) is 0 Å². The number of fused-ring (bicyclic) bond motifs is 1. The monoisotopic (exact) mass is 543 g/mol. The number of thiazole rings is 1. The van der Waals surface area contributed by atoms with E-state index in [9.17, 15) is 17.6 Å². The Labute approximate surface area is 222 Å². The molecule has 1 aliphatic carbocycles. The van der Waals surface area contributed by atoms with E-state index in [-0.39, 0.29) is 35.2 Å². The van der Waals surface area contributed by atoms with Crippen molar-refractivity contribution in [2.75, 3.05) is 6.54 Å². The second-order valence-electron chi connectivity index (χ2n) is 11.3. The summed E-state index contributed by atoms with van der Waals surface area (Å²) in [6, 6.07) is 11.4. The Balaban J connectivity index is 1.46. The number of aryl methyl sites for hydroxylation is 1. The SMILES string of the molecule is Cc1ccc(S(=O)(=O)N2C[C@@H](F)C[C@H]2C(=O)N(Cc2ccc3scnc3c2)C2CCC(C)(C)CC2)cc1. The molecule has 0 spiro atoms. The third kappa shape index (κ3) is 5.45. The van der Waals surface area contributed by atoms with Crippen molar-refractivity contribution in [1.29, 1.82) is 0 Å². The van der Waals surface area contributed by atoms with Crippen LogP contribution in [0.15, 0.2) is 52.9 Å². The van der Waals surface area contributed by atoms with E-state index in [0.717, 1.165) is 51.3 Å². The average molecular weight is 544 g/mol. The van der Waals surface area contributed by atoms with E-state index < -0.39 is 22.2 Å². The molecule has 0 N–H and O–H groups in total. The van der Waals surface area contributed by atoms with Gasteiger partial charge in [0, 0.05) is 25.6 Å². The molecule has 5 rings (SSSR count). The number of aromatic nitrogens is 1. The zero-order valence-corrected chi connectivity index (χ0v) is 23.2. The van der Waals surface area contributed by atoms with Crippen molar-refractivity contribution in [1.82, 2.24) is 14.2 Å². The van der Waals surface area contributed by atoms with Gasteiger partial charge in [0.2, 0.25) is 15.9 Å². The number of halogens is 1. The van der Waals surface area contributed by atoms with Crippen LogP contribution in [-0.4, -0.2) is 53.3 Å². The second kappa shape index (κ2) is 10.1. The zero-order valence-electron chi connectivity index (χ0n) is 21.6. The molecule has 6 nitrogen and oxygen atoms in total. The van der Waals surface area contributed by atoms with Crippen LogP contribution >= 0.6 is 11.3 Å². The van der Waals surface area contributed by atoms with Gasteiger partial charge in [-0.15, -0.1) is 11.3 Å². The summed E-state index contributed by atoms with van der Waals surface area (Å²) < 4.78 is 44.0. The Morgan fingerprint density at radius 3 is 2.57 bits per heavy atom. The lowest BCUT2D eigenvalue weighted by molar-refractivity contribution is -0.139. The Hall–Kier alpha value is -2.36. The highest BCUT2D eigenvalue weighted by Crippen LogP contribution is 2.39.